The molecular formula is C20H21F2N5O2. The second kappa shape index (κ2) is 8.78. The Kier molecular flexibility index (Phi) is 6.18. The van der Waals surface area contributed by atoms with Gasteiger partial charge in [-0.3, -0.25) is 5.32 Å². The summed E-state index contributed by atoms with van der Waals surface area (Å²) in [7, 11) is 1.52. The van der Waals surface area contributed by atoms with Crippen molar-refractivity contribution in [3.05, 3.63) is 77.0 Å². The molecule has 152 valence electrons. The summed E-state index contributed by atoms with van der Waals surface area (Å²) in [4.78, 5) is 13.7. The molecule has 0 radical (unpaired) electrons. The number of aliphatic hydroxyl groups excluding tert-OH is 1. The predicted molar refractivity (Wildman–Crippen MR) is 103 cm³/mol. The molecule has 1 heterocycles. The molecule has 3 aromatic rings. The third-order valence-corrected chi connectivity index (χ3v) is 4.53. The van der Waals surface area contributed by atoms with Crippen LogP contribution in [0.4, 0.5) is 19.4 Å². The van der Waals surface area contributed by atoms with E-state index in [2.05, 4.69) is 15.6 Å². The van der Waals surface area contributed by atoms with Crippen LogP contribution in [0.3, 0.4) is 0 Å². The number of hydrogen-bond acceptors (Lipinski definition) is 4. The predicted octanol–water partition coefficient (Wildman–Crippen LogP) is 3.11. The van der Waals surface area contributed by atoms with E-state index in [4.69, 9.17) is 0 Å². The van der Waals surface area contributed by atoms with Crippen LogP contribution in [0.2, 0.25) is 0 Å². The summed E-state index contributed by atoms with van der Waals surface area (Å²) in [6.07, 6.45) is -0.968. The van der Waals surface area contributed by atoms with E-state index in [1.54, 1.807) is 25.1 Å². The van der Waals surface area contributed by atoms with Gasteiger partial charge in [-0.05, 0) is 30.7 Å². The Morgan fingerprint density at radius 2 is 1.90 bits per heavy atom. The molecule has 0 fully saturated rings. The zero-order valence-corrected chi connectivity index (χ0v) is 16.0. The van der Waals surface area contributed by atoms with E-state index in [-0.39, 0.29) is 24.7 Å². The van der Waals surface area contributed by atoms with Crippen LogP contribution in [0.5, 0.6) is 0 Å². The quantitative estimate of drug-likeness (QED) is 0.665. The van der Waals surface area contributed by atoms with Gasteiger partial charge in [0, 0.05) is 12.6 Å². The molecule has 3 rings (SSSR count). The molecule has 29 heavy (non-hydrogen) atoms. The molecular weight excluding hydrogens is 380 g/mol. The lowest BCUT2D eigenvalue weighted by Crippen LogP contribution is -2.35. The SMILES string of the molecule is Cc1c(NC(=O)N(C)CC(O)c2ccc(F)cc2)nnn1Cc1ccccc1F. The highest BCUT2D eigenvalue weighted by molar-refractivity contribution is 5.88. The van der Waals surface area contributed by atoms with E-state index in [9.17, 15) is 18.7 Å². The van der Waals surface area contributed by atoms with E-state index in [1.807, 2.05) is 0 Å². The zero-order valence-electron chi connectivity index (χ0n) is 16.0. The Balaban J connectivity index is 1.62. The van der Waals surface area contributed by atoms with E-state index >= 15 is 0 Å². The largest absolute Gasteiger partial charge is 0.387 e. The smallest absolute Gasteiger partial charge is 0.322 e. The minimum absolute atomic E-state index is 0.000122. The zero-order chi connectivity index (χ0) is 21.0. The Bertz CT molecular complexity index is 991. The number of amides is 2. The van der Waals surface area contributed by atoms with Gasteiger partial charge in [0.05, 0.1) is 24.9 Å². The first-order chi connectivity index (χ1) is 13.8. The number of hydrogen-bond donors (Lipinski definition) is 2. The molecule has 1 aromatic heterocycles. The van der Waals surface area contributed by atoms with Crippen LogP contribution in [-0.4, -0.2) is 44.6 Å². The molecule has 9 heteroatoms. The molecule has 1 unspecified atom stereocenters. The fourth-order valence-electron chi connectivity index (χ4n) is 2.74. The average molecular weight is 401 g/mol. The number of benzene rings is 2. The van der Waals surface area contributed by atoms with Gasteiger partial charge in [0.25, 0.3) is 0 Å². The minimum Gasteiger partial charge on any atom is -0.387 e. The van der Waals surface area contributed by atoms with Crippen LogP contribution in [-0.2, 0) is 6.54 Å². The first-order valence-electron chi connectivity index (χ1n) is 8.94. The van der Waals surface area contributed by atoms with Crippen molar-refractivity contribution >= 4 is 11.8 Å². The number of urea groups is 1. The standard InChI is InChI=1S/C20H21F2N5O2/c1-13-19(24-25-27(13)11-15-5-3-4-6-17(15)22)23-20(29)26(2)12-18(28)14-7-9-16(21)10-8-14/h3-10,18,28H,11-12H2,1-2H3,(H,23,29). The number of nitrogens with zero attached hydrogens (tertiary/aromatic N) is 4. The fraction of sp³-hybridized carbons (Fsp3) is 0.250. The van der Waals surface area contributed by atoms with Crippen molar-refractivity contribution < 1.29 is 18.7 Å². The van der Waals surface area contributed by atoms with Gasteiger partial charge in [0.15, 0.2) is 5.82 Å². The molecule has 1 atom stereocenters. The normalized spacial score (nSPS) is 11.9. The van der Waals surface area contributed by atoms with Gasteiger partial charge in [-0.2, -0.15) is 0 Å². The van der Waals surface area contributed by atoms with E-state index in [0.29, 0.717) is 16.8 Å². The topological polar surface area (TPSA) is 83.3 Å². The van der Waals surface area contributed by atoms with E-state index in [1.165, 1.54) is 47.0 Å². The number of halogens is 2. The third kappa shape index (κ3) is 4.94. The van der Waals surface area contributed by atoms with Crippen molar-refractivity contribution in [1.29, 1.82) is 0 Å². The van der Waals surface area contributed by atoms with Crippen LogP contribution < -0.4 is 5.32 Å². The highest BCUT2D eigenvalue weighted by Crippen LogP contribution is 2.17. The van der Waals surface area contributed by atoms with Crippen LogP contribution in [0, 0.1) is 18.6 Å². The molecule has 0 bridgehead atoms. The maximum absolute atomic E-state index is 13.8. The van der Waals surface area contributed by atoms with Gasteiger partial charge >= 0.3 is 6.03 Å². The molecule has 0 aliphatic heterocycles. The van der Waals surface area contributed by atoms with Crippen LogP contribution in [0.1, 0.15) is 22.9 Å². The average Bonchev–Trinajstić information content (AvgIpc) is 3.03. The highest BCUT2D eigenvalue weighted by atomic mass is 19.1. The number of rotatable bonds is 6. The molecule has 0 saturated heterocycles. The molecule has 0 aliphatic rings. The fourth-order valence-corrected chi connectivity index (χ4v) is 2.74. The lowest BCUT2D eigenvalue weighted by atomic mass is 10.1. The lowest BCUT2D eigenvalue weighted by molar-refractivity contribution is 0.136. The second-order valence-corrected chi connectivity index (χ2v) is 6.65. The van der Waals surface area contributed by atoms with Crippen molar-refractivity contribution in [1.82, 2.24) is 19.9 Å². The van der Waals surface area contributed by atoms with Gasteiger partial charge < -0.3 is 10.0 Å². The number of carbonyl (C=O) groups excluding carboxylic acids is 1. The Morgan fingerprint density at radius 1 is 1.21 bits per heavy atom. The summed E-state index contributed by atoms with van der Waals surface area (Å²) in [5.41, 5.74) is 1.52. The third-order valence-electron chi connectivity index (χ3n) is 4.53. The number of aliphatic hydroxyl groups is 1. The molecule has 0 saturated carbocycles. The number of nitrogens with one attached hydrogen (secondary N) is 1. The van der Waals surface area contributed by atoms with Gasteiger partial charge in [-0.1, -0.05) is 35.5 Å². The molecule has 0 aliphatic carbocycles. The number of likely N-dealkylation sites (N-methyl/N-ethyl adjacent to an activating group) is 1. The van der Waals surface area contributed by atoms with Gasteiger partial charge in [0.2, 0.25) is 0 Å². The summed E-state index contributed by atoms with van der Waals surface area (Å²) in [6.45, 7) is 1.89. The van der Waals surface area contributed by atoms with Crippen molar-refractivity contribution in [2.45, 2.75) is 19.6 Å². The lowest BCUT2D eigenvalue weighted by Gasteiger charge is -2.21. The molecule has 2 amide bonds. The van der Waals surface area contributed by atoms with Crippen LogP contribution in [0.15, 0.2) is 48.5 Å². The number of aromatic nitrogens is 3. The van der Waals surface area contributed by atoms with Gasteiger partial charge in [-0.25, -0.2) is 18.3 Å². The second-order valence-electron chi connectivity index (χ2n) is 6.65. The van der Waals surface area contributed by atoms with Crippen LogP contribution >= 0.6 is 0 Å². The van der Waals surface area contributed by atoms with Gasteiger partial charge in [0.1, 0.15) is 11.6 Å². The number of anilines is 1. The first-order valence-corrected chi connectivity index (χ1v) is 8.94. The van der Waals surface area contributed by atoms with Crippen LogP contribution in [0.25, 0.3) is 0 Å². The van der Waals surface area contributed by atoms with Crippen molar-refractivity contribution in [3.8, 4) is 0 Å². The van der Waals surface area contributed by atoms with Crippen molar-refractivity contribution in [3.63, 3.8) is 0 Å². The molecule has 2 N–H and O–H groups in total. The maximum Gasteiger partial charge on any atom is 0.322 e. The summed E-state index contributed by atoms with van der Waals surface area (Å²) in [6, 6.07) is 11.3. The Hall–Kier alpha value is -3.33. The maximum atomic E-state index is 13.8. The Labute approximate surface area is 166 Å². The first kappa shape index (κ1) is 20.4. The summed E-state index contributed by atoms with van der Waals surface area (Å²) < 4.78 is 28.3. The molecule has 7 nitrogen and oxygen atoms in total. The monoisotopic (exact) mass is 401 g/mol. The molecule has 0 spiro atoms. The summed E-state index contributed by atoms with van der Waals surface area (Å²) in [5.74, 6) is -0.502. The van der Waals surface area contributed by atoms with Crippen molar-refractivity contribution in [2.75, 3.05) is 18.9 Å². The highest BCUT2D eigenvalue weighted by Gasteiger charge is 2.18. The molecule has 2 aromatic carbocycles. The van der Waals surface area contributed by atoms with Crippen molar-refractivity contribution in [2.24, 2.45) is 0 Å². The van der Waals surface area contributed by atoms with Gasteiger partial charge in [-0.15, -0.1) is 5.10 Å². The Morgan fingerprint density at radius 3 is 2.59 bits per heavy atom. The number of carbonyl (C=O) groups is 1. The summed E-state index contributed by atoms with van der Waals surface area (Å²) in [5, 5.41) is 20.8. The van der Waals surface area contributed by atoms with E-state index in [0.717, 1.165) is 0 Å². The minimum atomic E-state index is -0.968. The summed E-state index contributed by atoms with van der Waals surface area (Å²) >= 11 is 0. The van der Waals surface area contributed by atoms with E-state index < -0.39 is 18.0 Å².